The summed E-state index contributed by atoms with van der Waals surface area (Å²) in [6.07, 6.45) is 0. The van der Waals surface area contributed by atoms with E-state index < -0.39 is 5.41 Å². The van der Waals surface area contributed by atoms with Crippen LogP contribution in [0.3, 0.4) is 0 Å². The number of rotatable bonds is 7. The van der Waals surface area contributed by atoms with Gasteiger partial charge in [-0.2, -0.15) is 0 Å². The van der Waals surface area contributed by atoms with E-state index in [2.05, 4.69) is 13.8 Å². The van der Waals surface area contributed by atoms with Crippen molar-refractivity contribution in [3.8, 4) is 5.75 Å². The molecule has 1 aromatic carbocycles. The maximum Gasteiger partial charge on any atom is 0.119 e. The third-order valence-corrected chi connectivity index (χ3v) is 3.10. The van der Waals surface area contributed by atoms with Crippen molar-refractivity contribution in [3.05, 3.63) is 29.8 Å². The molecule has 4 heteroatoms. The first kappa shape index (κ1) is 15.0. The van der Waals surface area contributed by atoms with Gasteiger partial charge in [0, 0.05) is 0 Å². The van der Waals surface area contributed by atoms with Crippen molar-refractivity contribution in [1.29, 1.82) is 0 Å². The van der Waals surface area contributed by atoms with Gasteiger partial charge in [0.2, 0.25) is 0 Å². The maximum absolute atomic E-state index is 9.17. The molecular weight excluding hydrogens is 232 g/mol. The third kappa shape index (κ3) is 3.70. The van der Waals surface area contributed by atoms with Gasteiger partial charge in [-0.15, -0.1) is 0 Å². The molecule has 0 aliphatic carbocycles. The average Bonchev–Trinajstić information content (AvgIpc) is 2.41. The molecule has 0 fully saturated rings. The summed E-state index contributed by atoms with van der Waals surface area (Å²) in [6.45, 7) is 3.37. The van der Waals surface area contributed by atoms with Crippen molar-refractivity contribution in [2.24, 2.45) is 5.41 Å². The van der Waals surface area contributed by atoms with Gasteiger partial charge in [0.25, 0.3) is 0 Å². The Morgan fingerprint density at radius 1 is 1.00 bits per heavy atom. The van der Waals surface area contributed by atoms with Crippen LogP contribution in [-0.2, 0) is 0 Å². The summed E-state index contributed by atoms with van der Waals surface area (Å²) >= 11 is 0. The van der Waals surface area contributed by atoms with E-state index in [0.29, 0.717) is 11.7 Å². The molecule has 0 saturated heterocycles. The Morgan fingerprint density at radius 2 is 1.50 bits per heavy atom. The SMILES string of the molecule is CC(C)c1ccc(OCC(CO)(CO)CO)cc1. The number of aliphatic hydroxyl groups excluding tert-OH is 3. The van der Waals surface area contributed by atoms with Crippen LogP contribution in [0.2, 0.25) is 0 Å². The van der Waals surface area contributed by atoms with Crippen LogP contribution in [0, 0.1) is 5.41 Å². The van der Waals surface area contributed by atoms with Crippen LogP contribution in [0.4, 0.5) is 0 Å². The number of aliphatic hydroxyl groups is 3. The van der Waals surface area contributed by atoms with Gasteiger partial charge in [-0.1, -0.05) is 26.0 Å². The lowest BCUT2D eigenvalue weighted by Crippen LogP contribution is -2.39. The fourth-order valence-corrected chi connectivity index (χ4v) is 1.47. The highest BCUT2D eigenvalue weighted by Crippen LogP contribution is 2.21. The zero-order valence-electron chi connectivity index (χ0n) is 11.0. The van der Waals surface area contributed by atoms with Crippen molar-refractivity contribution in [1.82, 2.24) is 0 Å². The molecule has 0 heterocycles. The molecule has 4 nitrogen and oxygen atoms in total. The van der Waals surface area contributed by atoms with Gasteiger partial charge in [0.1, 0.15) is 12.4 Å². The zero-order valence-corrected chi connectivity index (χ0v) is 11.0. The van der Waals surface area contributed by atoms with Crippen LogP contribution < -0.4 is 4.74 Å². The second-order valence-electron chi connectivity index (χ2n) is 4.99. The summed E-state index contributed by atoms with van der Waals surface area (Å²) in [5.74, 6) is 1.13. The second-order valence-corrected chi connectivity index (χ2v) is 4.99. The molecule has 0 aliphatic rings. The largest absolute Gasteiger partial charge is 0.493 e. The minimum atomic E-state index is -0.989. The average molecular weight is 254 g/mol. The molecule has 0 saturated carbocycles. The molecule has 18 heavy (non-hydrogen) atoms. The van der Waals surface area contributed by atoms with E-state index in [1.54, 1.807) is 0 Å². The fraction of sp³-hybridized carbons (Fsp3) is 0.571. The molecule has 102 valence electrons. The monoisotopic (exact) mass is 254 g/mol. The van der Waals surface area contributed by atoms with Crippen molar-refractivity contribution in [2.75, 3.05) is 26.4 Å². The number of benzene rings is 1. The zero-order chi connectivity index (χ0) is 13.6. The van der Waals surface area contributed by atoms with Gasteiger partial charge in [0.05, 0.1) is 25.2 Å². The minimum Gasteiger partial charge on any atom is -0.493 e. The molecule has 0 aromatic heterocycles. The molecule has 0 radical (unpaired) electrons. The Hall–Kier alpha value is -1.10. The number of hydrogen-bond donors (Lipinski definition) is 3. The van der Waals surface area contributed by atoms with E-state index >= 15 is 0 Å². The first-order valence-corrected chi connectivity index (χ1v) is 6.12. The maximum atomic E-state index is 9.17. The quantitative estimate of drug-likeness (QED) is 0.682. The molecule has 3 N–H and O–H groups in total. The Kier molecular flexibility index (Phi) is 5.59. The van der Waals surface area contributed by atoms with Gasteiger partial charge in [0.15, 0.2) is 0 Å². The molecule has 1 rings (SSSR count). The van der Waals surface area contributed by atoms with Gasteiger partial charge in [-0.3, -0.25) is 0 Å². The number of hydrogen-bond acceptors (Lipinski definition) is 4. The van der Waals surface area contributed by atoms with E-state index in [9.17, 15) is 15.3 Å². The summed E-state index contributed by atoms with van der Waals surface area (Å²) in [5.41, 5.74) is 0.233. The molecule has 0 atom stereocenters. The fourth-order valence-electron chi connectivity index (χ4n) is 1.47. The van der Waals surface area contributed by atoms with Crippen LogP contribution in [0.15, 0.2) is 24.3 Å². The minimum absolute atomic E-state index is 0.0809. The van der Waals surface area contributed by atoms with Crippen molar-refractivity contribution in [3.63, 3.8) is 0 Å². The van der Waals surface area contributed by atoms with Crippen LogP contribution in [0.1, 0.15) is 25.3 Å². The Morgan fingerprint density at radius 3 is 1.89 bits per heavy atom. The summed E-state index contributed by atoms with van der Waals surface area (Å²) in [6, 6.07) is 7.68. The van der Waals surface area contributed by atoms with Crippen LogP contribution >= 0.6 is 0 Å². The standard InChI is InChI=1S/C14H22O4/c1-11(2)12-3-5-13(6-4-12)18-10-14(7-15,8-16)9-17/h3-6,11,15-17H,7-10H2,1-2H3. The lowest BCUT2D eigenvalue weighted by Gasteiger charge is -2.27. The van der Waals surface area contributed by atoms with Crippen molar-refractivity contribution >= 4 is 0 Å². The van der Waals surface area contributed by atoms with Crippen LogP contribution in [0.25, 0.3) is 0 Å². The highest BCUT2D eigenvalue weighted by atomic mass is 16.5. The van der Waals surface area contributed by atoms with Crippen molar-refractivity contribution < 1.29 is 20.1 Å². The molecular formula is C14H22O4. The highest BCUT2D eigenvalue weighted by molar-refractivity contribution is 5.28. The normalized spacial score (nSPS) is 11.9. The Balaban J connectivity index is 2.62. The van der Waals surface area contributed by atoms with Crippen LogP contribution in [-0.4, -0.2) is 41.7 Å². The van der Waals surface area contributed by atoms with E-state index in [0.717, 1.165) is 0 Å². The summed E-state index contributed by atoms with van der Waals surface area (Å²) in [7, 11) is 0. The smallest absolute Gasteiger partial charge is 0.119 e. The Labute approximate surface area is 108 Å². The molecule has 0 amide bonds. The lowest BCUT2D eigenvalue weighted by molar-refractivity contribution is -0.0258. The molecule has 0 unspecified atom stereocenters. The van der Waals surface area contributed by atoms with E-state index in [-0.39, 0.29) is 26.4 Å². The lowest BCUT2D eigenvalue weighted by atomic mass is 9.92. The first-order valence-electron chi connectivity index (χ1n) is 6.12. The van der Waals surface area contributed by atoms with Crippen LogP contribution in [0.5, 0.6) is 5.75 Å². The molecule has 0 spiro atoms. The third-order valence-electron chi connectivity index (χ3n) is 3.10. The predicted octanol–water partition coefficient (Wildman–Crippen LogP) is 1.15. The second kappa shape index (κ2) is 6.73. The van der Waals surface area contributed by atoms with E-state index in [1.165, 1.54) is 5.56 Å². The van der Waals surface area contributed by atoms with Gasteiger partial charge < -0.3 is 20.1 Å². The topological polar surface area (TPSA) is 69.9 Å². The summed E-state index contributed by atoms with van der Waals surface area (Å²) < 4.78 is 5.50. The molecule has 0 aliphatic heterocycles. The van der Waals surface area contributed by atoms with E-state index in [4.69, 9.17) is 4.74 Å². The summed E-state index contributed by atoms with van der Waals surface area (Å²) in [5, 5.41) is 27.5. The predicted molar refractivity (Wildman–Crippen MR) is 69.7 cm³/mol. The molecule has 1 aromatic rings. The Bertz CT molecular complexity index is 333. The first-order chi connectivity index (χ1) is 8.56. The molecule has 0 bridgehead atoms. The van der Waals surface area contributed by atoms with Gasteiger partial charge in [-0.25, -0.2) is 0 Å². The van der Waals surface area contributed by atoms with Gasteiger partial charge in [-0.05, 0) is 23.6 Å². The number of ether oxygens (including phenoxy) is 1. The van der Waals surface area contributed by atoms with E-state index in [1.807, 2.05) is 24.3 Å². The van der Waals surface area contributed by atoms with Gasteiger partial charge >= 0.3 is 0 Å². The van der Waals surface area contributed by atoms with Crippen molar-refractivity contribution in [2.45, 2.75) is 19.8 Å². The highest BCUT2D eigenvalue weighted by Gasteiger charge is 2.29. The summed E-state index contributed by atoms with van der Waals surface area (Å²) in [4.78, 5) is 0.